The van der Waals surface area contributed by atoms with Crippen molar-refractivity contribution in [2.45, 2.75) is 6.54 Å². The van der Waals surface area contributed by atoms with Gasteiger partial charge in [-0.15, -0.1) is 22.7 Å². The molecule has 2 nitrogen and oxygen atoms in total. The maximum Gasteiger partial charge on any atom is 0.133 e. The van der Waals surface area contributed by atoms with Crippen LogP contribution in [0.1, 0.15) is 4.88 Å². The van der Waals surface area contributed by atoms with Crippen LogP contribution in [-0.2, 0) is 6.54 Å². The van der Waals surface area contributed by atoms with Crippen LogP contribution in [0.4, 0.5) is 0 Å². The Morgan fingerprint density at radius 2 is 2.42 bits per heavy atom. The SMILES string of the molecule is NCc1cnc(-c2cccs2)s1. The van der Waals surface area contributed by atoms with Gasteiger partial charge in [0.05, 0.1) is 4.88 Å². The minimum atomic E-state index is 0.586. The van der Waals surface area contributed by atoms with Gasteiger partial charge in [0.15, 0.2) is 0 Å². The highest BCUT2D eigenvalue weighted by atomic mass is 32.1. The Bertz CT molecular complexity index is 351. The van der Waals surface area contributed by atoms with Crippen LogP contribution in [0.15, 0.2) is 23.7 Å². The van der Waals surface area contributed by atoms with E-state index in [9.17, 15) is 0 Å². The monoisotopic (exact) mass is 196 g/mol. The minimum Gasteiger partial charge on any atom is -0.326 e. The molecule has 4 heteroatoms. The fourth-order valence-electron chi connectivity index (χ4n) is 0.916. The van der Waals surface area contributed by atoms with Gasteiger partial charge in [-0.25, -0.2) is 4.98 Å². The third kappa shape index (κ3) is 1.41. The standard InChI is InChI=1S/C8H8N2S2/c9-4-6-5-10-8(12-6)7-2-1-3-11-7/h1-3,5H,4,9H2. The van der Waals surface area contributed by atoms with Crippen LogP contribution in [0.3, 0.4) is 0 Å². The van der Waals surface area contributed by atoms with E-state index < -0.39 is 0 Å². The van der Waals surface area contributed by atoms with Crippen molar-refractivity contribution in [1.82, 2.24) is 4.98 Å². The predicted octanol–water partition coefficient (Wildman–Crippen LogP) is 2.33. The molecule has 0 fully saturated rings. The number of nitrogens with zero attached hydrogens (tertiary/aromatic N) is 1. The molecule has 0 amide bonds. The average molecular weight is 196 g/mol. The first-order valence-electron chi connectivity index (χ1n) is 3.59. The van der Waals surface area contributed by atoms with E-state index in [0.717, 1.165) is 9.88 Å². The van der Waals surface area contributed by atoms with E-state index in [1.54, 1.807) is 22.7 Å². The van der Waals surface area contributed by atoms with Gasteiger partial charge in [-0.2, -0.15) is 0 Å². The van der Waals surface area contributed by atoms with E-state index in [1.165, 1.54) is 4.88 Å². The summed E-state index contributed by atoms with van der Waals surface area (Å²) in [5.41, 5.74) is 5.49. The number of hydrogen-bond acceptors (Lipinski definition) is 4. The number of thiophene rings is 1. The van der Waals surface area contributed by atoms with E-state index in [-0.39, 0.29) is 0 Å². The van der Waals surface area contributed by atoms with Crippen molar-refractivity contribution >= 4 is 22.7 Å². The van der Waals surface area contributed by atoms with Crippen LogP contribution in [0.2, 0.25) is 0 Å². The average Bonchev–Trinajstić information content (AvgIpc) is 2.75. The first-order chi connectivity index (χ1) is 5.90. The molecule has 0 aromatic carbocycles. The zero-order valence-electron chi connectivity index (χ0n) is 6.36. The van der Waals surface area contributed by atoms with Crippen LogP contribution >= 0.6 is 22.7 Å². The van der Waals surface area contributed by atoms with Crippen molar-refractivity contribution in [1.29, 1.82) is 0 Å². The third-order valence-electron chi connectivity index (χ3n) is 1.49. The molecule has 2 aromatic heterocycles. The van der Waals surface area contributed by atoms with Crippen LogP contribution in [-0.4, -0.2) is 4.98 Å². The molecule has 0 aliphatic rings. The molecule has 12 heavy (non-hydrogen) atoms. The van der Waals surface area contributed by atoms with E-state index in [4.69, 9.17) is 5.73 Å². The maximum absolute atomic E-state index is 5.49. The van der Waals surface area contributed by atoms with Gasteiger partial charge >= 0.3 is 0 Å². The molecule has 0 aliphatic heterocycles. The van der Waals surface area contributed by atoms with Crippen molar-refractivity contribution < 1.29 is 0 Å². The molecular weight excluding hydrogens is 188 g/mol. The topological polar surface area (TPSA) is 38.9 Å². The highest BCUT2D eigenvalue weighted by molar-refractivity contribution is 7.20. The molecule has 2 N–H and O–H groups in total. The molecule has 0 atom stereocenters. The van der Waals surface area contributed by atoms with Gasteiger partial charge in [-0.05, 0) is 11.4 Å². The molecule has 0 saturated carbocycles. The number of hydrogen-bond donors (Lipinski definition) is 1. The predicted molar refractivity (Wildman–Crippen MR) is 53.3 cm³/mol. The summed E-state index contributed by atoms with van der Waals surface area (Å²) in [5, 5.41) is 3.13. The Balaban J connectivity index is 2.35. The second kappa shape index (κ2) is 3.35. The molecule has 2 heterocycles. The van der Waals surface area contributed by atoms with Gasteiger partial charge in [0.1, 0.15) is 5.01 Å². The maximum atomic E-state index is 5.49. The number of aromatic nitrogens is 1. The number of thiazole rings is 1. The lowest BCUT2D eigenvalue weighted by Crippen LogP contribution is -1.91. The molecule has 0 radical (unpaired) electrons. The van der Waals surface area contributed by atoms with Crippen molar-refractivity contribution in [3.05, 3.63) is 28.6 Å². The molecule has 62 valence electrons. The van der Waals surface area contributed by atoms with Crippen LogP contribution < -0.4 is 5.73 Å². The van der Waals surface area contributed by atoms with E-state index in [2.05, 4.69) is 16.4 Å². The van der Waals surface area contributed by atoms with Gasteiger partial charge in [0, 0.05) is 17.6 Å². The van der Waals surface area contributed by atoms with Crippen LogP contribution in [0.25, 0.3) is 9.88 Å². The Morgan fingerprint density at radius 1 is 1.50 bits per heavy atom. The molecule has 2 rings (SSSR count). The molecule has 0 bridgehead atoms. The first-order valence-corrected chi connectivity index (χ1v) is 5.28. The molecule has 0 unspecified atom stereocenters. The lowest BCUT2D eigenvalue weighted by molar-refractivity contribution is 1.10. The normalized spacial score (nSPS) is 10.4. The molecule has 0 aliphatic carbocycles. The number of rotatable bonds is 2. The van der Waals surface area contributed by atoms with Gasteiger partial charge < -0.3 is 5.73 Å². The first kappa shape index (κ1) is 7.91. The van der Waals surface area contributed by atoms with E-state index in [0.29, 0.717) is 6.54 Å². The van der Waals surface area contributed by atoms with Crippen molar-refractivity contribution in [3.8, 4) is 9.88 Å². The van der Waals surface area contributed by atoms with Gasteiger partial charge in [0.2, 0.25) is 0 Å². The fraction of sp³-hybridized carbons (Fsp3) is 0.125. The van der Waals surface area contributed by atoms with Crippen LogP contribution in [0.5, 0.6) is 0 Å². The molecular formula is C8H8N2S2. The lowest BCUT2D eigenvalue weighted by Gasteiger charge is -1.85. The Morgan fingerprint density at radius 3 is 3.00 bits per heavy atom. The van der Waals surface area contributed by atoms with E-state index >= 15 is 0 Å². The zero-order chi connectivity index (χ0) is 8.39. The van der Waals surface area contributed by atoms with Crippen LogP contribution in [0, 0.1) is 0 Å². The summed E-state index contributed by atoms with van der Waals surface area (Å²) in [6.07, 6.45) is 1.85. The number of nitrogens with two attached hydrogens (primary N) is 1. The highest BCUT2D eigenvalue weighted by Gasteiger charge is 2.03. The minimum absolute atomic E-state index is 0.586. The summed E-state index contributed by atoms with van der Waals surface area (Å²) in [6.45, 7) is 0.586. The Hall–Kier alpha value is -0.710. The Labute approximate surface area is 78.7 Å². The third-order valence-corrected chi connectivity index (χ3v) is 3.55. The summed E-state index contributed by atoms with van der Waals surface area (Å²) >= 11 is 3.37. The van der Waals surface area contributed by atoms with E-state index in [1.807, 2.05) is 12.3 Å². The van der Waals surface area contributed by atoms with Gasteiger partial charge in [0.25, 0.3) is 0 Å². The van der Waals surface area contributed by atoms with Gasteiger partial charge in [-0.3, -0.25) is 0 Å². The summed E-state index contributed by atoms with van der Waals surface area (Å²) in [5.74, 6) is 0. The van der Waals surface area contributed by atoms with Crippen molar-refractivity contribution in [2.24, 2.45) is 5.73 Å². The Kier molecular flexibility index (Phi) is 2.21. The second-order valence-electron chi connectivity index (χ2n) is 2.31. The molecule has 0 saturated heterocycles. The summed E-state index contributed by atoms with van der Waals surface area (Å²) < 4.78 is 0. The largest absolute Gasteiger partial charge is 0.326 e. The zero-order valence-corrected chi connectivity index (χ0v) is 7.99. The quantitative estimate of drug-likeness (QED) is 0.800. The molecule has 2 aromatic rings. The summed E-state index contributed by atoms with van der Waals surface area (Å²) in [4.78, 5) is 6.64. The second-order valence-corrected chi connectivity index (χ2v) is 4.38. The van der Waals surface area contributed by atoms with Crippen molar-refractivity contribution in [2.75, 3.05) is 0 Å². The lowest BCUT2D eigenvalue weighted by atomic mass is 10.5. The smallest absolute Gasteiger partial charge is 0.133 e. The summed E-state index contributed by atoms with van der Waals surface area (Å²) in [7, 11) is 0. The summed E-state index contributed by atoms with van der Waals surface area (Å²) in [6, 6.07) is 4.10. The highest BCUT2D eigenvalue weighted by Crippen LogP contribution is 2.28. The molecule has 0 spiro atoms. The van der Waals surface area contributed by atoms with Crippen molar-refractivity contribution in [3.63, 3.8) is 0 Å². The fourth-order valence-corrected chi connectivity index (χ4v) is 2.51. The van der Waals surface area contributed by atoms with Gasteiger partial charge in [-0.1, -0.05) is 6.07 Å².